The summed E-state index contributed by atoms with van der Waals surface area (Å²) in [7, 11) is 0. The van der Waals surface area contributed by atoms with Crippen molar-refractivity contribution >= 4 is 29.4 Å². The zero-order chi connectivity index (χ0) is 20.4. The van der Waals surface area contributed by atoms with Crippen molar-refractivity contribution in [3.63, 3.8) is 0 Å². The molecular weight excluding hydrogens is 374 g/mol. The minimum absolute atomic E-state index is 0.329. The number of rotatable bonds is 10. The van der Waals surface area contributed by atoms with Crippen LogP contribution in [0.4, 0.5) is 5.69 Å². The summed E-state index contributed by atoms with van der Waals surface area (Å²) < 4.78 is 5.57. The molecule has 0 spiro atoms. The summed E-state index contributed by atoms with van der Waals surface area (Å²) in [6.07, 6.45) is 3.17. The molecule has 2 rings (SSSR count). The minimum atomic E-state index is -0.686. The summed E-state index contributed by atoms with van der Waals surface area (Å²) >= 11 is 5.92. The van der Waals surface area contributed by atoms with Gasteiger partial charge >= 0.3 is 0 Å². The maximum Gasteiger partial charge on any atom is 0.280 e. The van der Waals surface area contributed by atoms with Crippen LogP contribution >= 0.6 is 11.6 Å². The number of hydrogen-bond donors (Lipinski definition) is 1. The van der Waals surface area contributed by atoms with Crippen LogP contribution in [0.2, 0.25) is 5.02 Å². The summed E-state index contributed by atoms with van der Waals surface area (Å²) in [5, 5.41) is 4.58. The Morgan fingerprint density at radius 1 is 1.18 bits per heavy atom. The number of carbonyl (C=O) groups excluding carboxylic acids is 1. The van der Waals surface area contributed by atoms with E-state index in [4.69, 9.17) is 16.3 Å². The fourth-order valence-corrected chi connectivity index (χ4v) is 2.92. The van der Waals surface area contributed by atoms with Crippen LogP contribution in [-0.2, 0) is 4.79 Å². The second kappa shape index (κ2) is 11.3. The molecule has 1 N–H and O–H groups in total. The molecule has 0 aliphatic carbocycles. The van der Waals surface area contributed by atoms with Gasteiger partial charge in [0.25, 0.3) is 5.91 Å². The van der Waals surface area contributed by atoms with Crippen LogP contribution in [0.25, 0.3) is 0 Å². The molecule has 150 valence electrons. The lowest BCUT2D eigenvalue weighted by molar-refractivity contribution is -0.127. The van der Waals surface area contributed by atoms with Crippen LogP contribution in [-0.4, -0.2) is 31.3 Å². The van der Waals surface area contributed by atoms with Crippen LogP contribution in [0.1, 0.15) is 39.2 Å². The number of hydrazone groups is 1. The van der Waals surface area contributed by atoms with Crippen LogP contribution < -0.4 is 15.1 Å². The molecule has 1 atom stereocenters. The highest BCUT2D eigenvalue weighted by molar-refractivity contribution is 6.30. The Kier molecular flexibility index (Phi) is 8.82. The zero-order valence-corrected chi connectivity index (χ0v) is 17.4. The van der Waals surface area contributed by atoms with Crippen LogP contribution in [0.3, 0.4) is 0 Å². The second-order valence-electron chi connectivity index (χ2n) is 6.53. The molecule has 0 heterocycles. The highest BCUT2D eigenvalue weighted by atomic mass is 35.5. The highest BCUT2D eigenvalue weighted by Crippen LogP contribution is 2.18. The average molecular weight is 402 g/mol. The van der Waals surface area contributed by atoms with Crippen molar-refractivity contribution in [1.29, 1.82) is 0 Å². The summed E-state index contributed by atoms with van der Waals surface area (Å²) in [5.74, 6) is 0.211. The Morgan fingerprint density at radius 3 is 2.46 bits per heavy atom. The van der Waals surface area contributed by atoms with Crippen molar-refractivity contribution in [2.24, 2.45) is 5.10 Å². The Labute approximate surface area is 172 Å². The average Bonchev–Trinajstić information content (AvgIpc) is 2.68. The molecule has 28 heavy (non-hydrogen) atoms. The number of ether oxygens (including phenoxy) is 1. The molecular formula is C22H28ClN3O2. The van der Waals surface area contributed by atoms with Crippen LogP contribution in [0, 0.1) is 0 Å². The monoisotopic (exact) mass is 401 g/mol. The van der Waals surface area contributed by atoms with E-state index in [2.05, 4.69) is 41.4 Å². The van der Waals surface area contributed by atoms with Gasteiger partial charge in [-0.1, -0.05) is 43.6 Å². The van der Waals surface area contributed by atoms with Gasteiger partial charge in [-0.15, -0.1) is 0 Å². The molecule has 0 saturated carbocycles. The molecule has 1 amide bonds. The Balaban J connectivity index is 1.88. The predicted molar refractivity (Wildman–Crippen MR) is 117 cm³/mol. The topological polar surface area (TPSA) is 53.9 Å². The first-order valence-corrected chi connectivity index (χ1v) is 10.0. The number of anilines is 1. The fourth-order valence-electron chi connectivity index (χ4n) is 2.74. The van der Waals surface area contributed by atoms with Gasteiger partial charge in [0, 0.05) is 23.8 Å². The van der Waals surface area contributed by atoms with E-state index in [9.17, 15) is 4.79 Å². The molecule has 2 aromatic carbocycles. The molecule has 0 bridgehead atoms. The van der Waals surface area contributed by atoms with Gasteiger partial charge in [0.15, 0.2) is 6.10 Å². The first kappa shape index (κ1) is 21.8. The smallest absolute Gasteiger partial charge is 0.280 e. The number of hydrogen-bond acceptors (Lipinski definition) is 4. The Hall–Kier alpha value is -2.53. The quantitative estimate of drug-likeness (QED) is 0.455. The van der Waals surface area contributed by atoms with Crippen molar-refractivity contribution in [2.75, 3.05) is 18.0 Å². The lowest BCUT2D eigenvalue weighted by Crippen LogP contribution is -2.33. The first-order chi connectivity index (χ1) is 13.5. The highest BCUT2D eigenvalue weighted by Gasteiger charge is 2.14. The number of carbonyl (C=O) groups is 1. The van der Waals surface area contributed by atoms with Crippen molar-refractivity contribution in [2.45, 2.75) is 39.7 Å². The summed E-state index contributed by atoms with van der Waals surface area (Å²) in [6, 6.07) is 15.1. The van der Waals surface area contributed by atoms with Gasteiger partial charge in [0.2, 0.25) is 0 Å². The van der Waals surface area contributed by atoms with Crippen molar-refractivity contribution in [3.8, 4) is 5.75 Å². The zero-order valence-electron chi connectivity index (χ0n) is 16.7. The molecule has 0 radical (unpaired) electrons. The Morgan fingerprint density at radius 2 is 1.86 bits per heavy atom. The molecule has 5 nitrogen and oxygen atoms in total. The van der Waals surface area contributed by atoms with Crippen LogP contribution in [0.15, 0.2) is 53.6 Å². The largest absolute Gasteiger partial charge is 0.481 e. The normalized spacial score (nSPS) is 12.0. The molecule has 0 aliphatic heterocycles. The minimum Gasteiger partial charge on any atom is -0.481 e. The van der Waals surface area contributed by atoms with E-state index in [0.29, 0.717) is 10.8 Å². The van der Waals surface area contributed by atoms with Gasteiger partial charge in [-0.05, 0) is 55.7 Å². The van der Waals surface area contributed by atoms with E-state index >= 15 is 0 Å². The van der Waals surface area contributed by atoms with E-state index in [-0.39, 0.29) is 5.91 Å². The van der Waals surface area contributed by atoms with E-state index < -0.39 is 6.10 Å². The van der Waals surface area contributed by atoms with Gasteiger partial charge in [0.1, 0.15) is 5.75 Å². The van der Waals surface area contributed by atoms with E-state index in [1.54, 1.807) is 37.4 Å². The lowest BCUT2D eigenvalue weighted by Gasteiger charge is -2.23. The number of nitrogens with zero attached hydrogens (tertiary/aromatic N) is 2. The molecule has 2 aromatic rings. The molecule has 0 aliphatic rings. The van der Waals surface area contributed by atoms with E-state index in [1.165, 1.54) is 5.69 Å². The summed E-state index contributed by atoms with van der Waals surface area (Å²) in [6.45, 7) is 8.12. The molecule has 0 fully saturated rings. The van der Waals surface area contributed by atoms with Crippen LogP contribution in [0.5, 0.6) is 5.75 Å². The van der Waals surface area contributed by atoms with Gasteiger partial charge in [-0.25, -0.2) is 5.43 Å². The Bertz CT molecular complexity index is 772. The van der Waals surface area contributed by atoms with E-state index in [1.807, 2.05) is 12.1 Å². The summed E-state index contributed by atoms with van der Waals surface area (Å²) in [4.78, 5) is 14.5. The number of benzene rings is 2. The maximum absolute atomic E-state index is 12.1. The third kappa shape index (κ3) is 6.89. The standard InChI is InChI=1S/C22H28ClN3O2/c1-4-13-26(14-5-2)20-11-9-18(10-12-20)16-24-25-22(27)17(3)28-21-8-6-7-19(23)15-21/h6-12,15-17H,4-5,13-14H2,1-3H3,(H,25,27)/b24-16+. The lowest BCUT2D eigenvalue weighted by atomic mass is 10.2. The van der Waals surface area contributed by atoms with Crippen molar-refractivity contribution < 1.29 is 9.53 Å². The SMILES string of the molecule is CCCN(CCC)c1ccc(/C=N/NC(=O)C(C)Oc2cccc(Cl)c2)cc1. The van der Waals surface area contributed by atoms with Gasteiger partial charge < -0.3 is 9.64 Å². The molecule has 0 aromatic heterocycles. The van der Waals surface area contributed by atoms with Crippen molar-refractivity contribution in [3.05, 3.63) is 59.1 Å². The third-order valence-electron chi connectivity index (χ3n) is 4.11. The fraction of sp³-hybridized carbons (Fsp3) is 0.364. The molecule has 0 saturated heterocycles. The second-order valence-corrected chi connectivity index (χ2v) is 6.97. The summed E-state index contributed by atoms with van der Waals surface area (Å²) in [5.41, 5.74) is 4.63. The number of halogens is 1. The molecule has 6 heteroatoms. The van der Waals surface area contributed by atoms with Gasteiger partial charge in [0.05, 0.1) is 6.21 Å². The molecule has 1 unspecified atom stereocenters. The number of nitrogens with one attached hydrogen (secondary N) is 1. The predicted octanol–water partition coefficient (Wildman–Crippen LogP) is 4.88. The maximum atomic E-state index is 12.1. The van der Waals surface area contributed by atoms with E-state index in [0.717, 1.165) is 31.5 Å². The third-order valence-corrected chi connectivity index (χ3v) is 4.35. The van der Waals surface area contributed by atoms with Gasteiger partial charge in [-0.2, -0.15) is 5.10 Å². The number of amides is 1. The first-order valence-electron chi connectivity index (χ1n) is 9.63. The van der Waals surface area contributed by atoms with Gasteiger partial charge in [-0.3, -0.25) is 4.79 Å². The van der Waals surface area contributed by atoms with Crippen molar-refractivity contribution in [1.82, 2.24) is 5.43 Å².